The molecule has 0 N–H and O–H groups in total. The Balaban J connectivity index is 1.64. The van der Waals surface area contributed by atoms with E-state index >= 15 is 0 Å². The Morgan fingerprint density at radius 3 is 1.97 bits per heavy atom. The summed E-state index contributed by atoms with van der Waals surface area (Å²) < 4.78 is 26.7. The molecular formula is C34H22N2O2S. The molecule has 0 amide bonds. The number of aromatic nitrogens is 1. The molecule has 0 aliphatic heterocycles. The number of rotatable bonds is 5. The molecule has 0 saturated heterocycles. The first-order valence-corrected chi connectivity index (χ1v) is 13.9. The number of fused-ring (bicyclic) bond motifs is 2. The van der Waals surface area contributed by atoms with Gasteiger partial charge in [-0.1, -0.05) is 72.8 Å². The van der Waals surface area contributed by atoms with Gasteiger partial charge in [0.2, 0.25) is 9.84 Å². The third-order valence-electron chi connectivity index (χ3n) is 6.76. The van der Waals surface area contributed by atoms with Crippen molar-refractivity contribution in [3.63, 3.8) is 0 Å². The van der Waals surface area contributed by atoms with E-state index in [0.717, 1.165) is 43.8 Å². The zero-order valence-electron chi connectivity index (χ0n) is 20.8. The van der Waals surface area contributed by atoms with E-state index < -0.39 is 9.84 Å². The van der Waals surface area contributed by atoms with Crippen LogP contribution in [0.3, 0.4) is 0 Å². The number of allylic oxidation sites excluding steroid dienone is 1. The van der Waals surface area contributed by atoms with E-state index in [2.05, 4.69) is 41.4 Å². The van der Waals surface area contributed by atoms with Crippen LogP contribution in [-0.4, -0.2) is 13.4 Å². The molecule has 0 aliphatic carbocycles. The van der Waals surface area contributed by atoms with Gasteiger partial charge in [0.05, 0.1) is 4.90 Å². The molecule has 1 heterocycles. The quantitative estimate of drug-likeness (QED) is 0.170. The highest BCUT2D eigenvalue weighted by atomic mass is 32.2. The lowest BCUT2D eigenvalue weighted by molar-refractivity contribution is 0.603. The van der Waals surface area contributed by atoms with E-state index in [4.69, 9.17) is 0 Å². The van der Waals surface area contributed by atoms with Crippen LogP contribution in [0.25, 0.3) is 49.9 Å². The molecule has 5 heteroatoms. The molecule has 0 saturated carbocycles. The van der Waals surface area contributed by atoms with Gasteiger partial charge in [-0.05, 0) is 92.3 Å². The molecule has 0 bridgehead atoms. The summed E-state index contributed by atoms with van der Waals surface area (Å²) in [6.07, 6.45) is 4.95. The molecule has 0 atom stereocenters. The first kappa shape index (κ1) is 24.3. The van der Waals surface area contributed by atoms with E-state index in [9.17, 15) is 13.7 Å². The second-order valence-electron chi connectivity index (χ2n) is 9.22. The fourth-order valence-corrected chi connectivity index (χ4v) is 6.13. The second-order valence-corrected chi connectivity index (χ2v) is 11.1. The lowest BCUT2D eigenvalue weighted by atomic mass is 9.89. The summed E-state index contributed by atoms with van der Waals surface area (Å²) in [5.74, 6) is 0. The average molecular weight is 523 g/mol. The minimum atomic E-state index is -3.99. The number of nitriles is 1. The highest BCUT2D eigenvalue weighted by Gasteiger charge is 2.21. The van der Waals surface area contributed by atoms with E-state index in [1.807, 2.05) is 54.6 Å². The summed E-state index contributed by atoms with van der Waals surface area (Å²) in [6, 6.07) is 38.4. The van der Waals surface area contributed by atoms with Crippen LogP contribution in [0.2, 0.25) is 0 Å². The summed E-state index contributed by atoms with van der Waals surface area (Å²) in [5.41, 5.74) is 4.35. The van der Waals surface area contributed by atoms with Crippen molar-refractivity contribution < 1.29 is 8.42 Å². The average Bonchev–Trinajstić information content (AvgIpc) is 2.99. The maximum absolute atomic E-state index is 13.3. The molecular weight excluding hydrogens is 500 g/mol. The summed E-state index contributed by atoms with van der Waals surface area (Å²) in [5, 5.41) is 14.3. The first-order valence-electron chi connectivity index (χ1n) is 12.4. The van der Waals surface area contributed by atoms with Crippen LogP contribution in [0.4, 0.5) is 0 Å². The predicted octanol–water partition coefficient (Wildman–Crippen LogP) is 8.06. The molecule has 39 heavy (non-hydrogen) atoms. The van der Waals surface area contributed by atoms with Crippen LogP contribution in [0.1, 0.15) is 5.56 Å². The highest BCUT2D eigenvalue weighted by molar-refractivity contribution is 7.95. The van der Waals surface area contributed by atoms with Gasteiger partial charge in [0.15, 0.2) is 0 Å². The molecule has 5 aromatic carbocycles. The molecule has 6 aromatic rings. The first-order chi connectivity index (χ1) is 19.0. The van der Waals surface area contributed by atoms with Crippen LogP contribution >= 0.6 is 0 Å². The van der Waals surface area contributed by atoms with Crippen molar-refractivity contribution in [3.05, 3.63) is 138 Å². The third kappa shape index (κ3) is 4.59. The lowest BCUT2D eigenvalue weighted by Crippen LogP contribution is -2.03. The van der Waals surface area contributed by atoms with Gasteiger partial charge >= 0.3 is 0 Å². The normalized spacial score (nSPS) is 11.9. The molecule has 0 spiro atoms. The number of hydrogen-bond donors (Lipinski definition) is 0. The van der Waals surface area contributed by atoms with E-state index in [1.165, 1.54) is 18.2 Å². The minimum absolute atomic E-state index is 0.0847. The van der Waals surface area contributed by atoms with Gasteiger partial charge in [0, 0.05) is 18.0 Å². The molecule has 0 radical (unpaired) electrons. The van der Waals surface area contributed by atoms with Gasteiger partial charge < -0.3 is 0 Å². The van der Waals surface area contributed by atoms with Gasteiger partial charge in [0.1, 0.15) is 11.0 Å². The van der Waals surface area contributed by atoms with Crippen molar-refractivity contribution in [1.82, 2.24) is 4.98 Å². The topological polar surface area (TPSA) is 70.8 Å². The molecule has 4 nitrogen and oxygen atoms in total. The Morgan fingerprint density at radius 2 is 1.33 bits per heavy atom. The zero-order valence-corrected chi connectivity index (χ0v) is 21.6. The monoisotopic (exact) mass is 522 g/mol. The van der Waals surface area contributed by atoms with Crippen LogP contribution in [0, 0.1) is 11.3 Å². The van der Waals surface area contributed by atoms with E-state index in [0.29, 0.717) is 5.56 Å². The number of nitrogens with zero attached hydrogens (tertiary/aromatic N) is 2. The minimum Gasteiger partial charge on any atom is -0.264 e. The third-order valence-corrected chi connectivity index (χ3v) is 8.44. The maximum Gasteiger partial charge on any atom is 0.216 e. The molecule has 1 aromatic heterocycles. The molecule has 186 valence electrons. The van der Waals surface area contributed by atoms with Crippen LogP contribution in [0.5, 0.6) is 0 Å². The smallest absolute Gasteiger partial charge is 0.216 e. The maximum atomic E-state index is 13.3. The van der Waals surface area contributed by atoms with Crippen molar-refractivity contribution >= 4 is 37.5 Å². The fourth-order valence-electron chi connectivity index (χ4n) is 4.95. The van der Waals surface area contributed by atoms with Crippen molar-refractivity contribution in [2.45, 2.75) is 4.90 Å². The highest BCUT2D eigenvalue weighted by Crippen LogP contribution is 2.39. The van der Waals surface area contributed by atoms with Crippen LogP contribution < -0.4 is 0 Å². The largest absolute Gasteiger partial charge is 0.264 e. The Bertz CT molecular complexity index is 1970. The Morgan fingerprint density at radius 1 is 0.692 bits per heavy atom. The second kappa shape index (κ2) is 10.0. The van der Waals surface area contributed by atoms with Crippen LogP contribution in [-0.2, 0) is 9.84 Å². The Hall–Kier alpha value is -5.05. The SMILES string of the molecule is N#C/C(=C\c1cc(-c2cccnc2)cc(-c2c3ccccc3cc3ccccc23)c1)S(=O)(=O)c1ccccc1. The lowest BCUT2D eigenvalue weighted by Gasteiger charge is -2.15. The van der Waals surface area contributed by atoms with E-state index in [-0.39, 0.29) is 9.80 Å². The standard InChI is InChI=1S/C34H22N2O2S/c35-22-31(39(37,38)30-12-2-1-3-13-30)19-24-17-28(27-11-8-16-36-23-27)21-29(18-24)34-32-14-6-4-9-25(32)20-26-10-5-7-15-33(26)34/h1-21,23H/b31-19+. The predicted molar refractivity (Wildman–Crippen MR) is 157 cm³/mol. The van der Waals surface area contributed by atoms with E-state index in [1.54, 1.807) is 30.6 Å². The summed E-state index contributed by atoms with van der Waals surface area (Å²) >= 11 is 0. The number of benzene rings is 5. The van der Waals surface area contributed by atoms with Gasteiger partial charge in [-0.2, -0.15) is 5.26 Å². The summed E-state index contributed by atoms with van der Waals surface area (Å²) in [4.78, 5) is 4.06. The van der Waals surface area contributed by atoms with Gasteiger partial charge in [-0.3, -0.25) is 4.98 Å². The molecule has 0 fully saturated rings. The fraction of sp³-hybridized carbons (Fsp3) is 0. The van der Waals surface area contributed by atoms with Gasteiger partial charge in [-0.15, -0.1) is 0 Å². The number of sulfone groups is 1. The number of pyridine rings is 1. The molecule has 6 rings (SSSR count). The molecule has 0 unspecified atom stereocenters. The summed E-state index contributed by atoms with van der Waals surface area (Å²) in [6.45, 7) is 0. The van der Waals surface area contributed by atoms with Gasteiger partial charge in [0.25, 0.3) is 0 Å². The van der Waals surface area contributed by atoms with Crippen molar-refractivity contribution in [2.24, 2.45) is 0 Å². The van der Waals surface area contributed by atoms with Crippen LogP contribution in [0.15, 0.2) is 137 Å². The molecule has 0 aliphatic rings. The van der Waals surface area contributed by atoms with Gasteiger partial charge in [-0.25, -0.2) is 8.42 Å². The number of hydrogen-bond acceptors (Lipinski definition) is 4. The Kier molecular flexibility index (Phi) is 6.24. The van der Waals surface area contributed by atoms with Crippen molar-refractivity contribution in [3.8, 4) is 28.3 Å². The zero-order chi connectivity index (χ0) is 26.8. The Labute approximate surface area is 227 Å². The summed E-state index contributed by atoms with van der Waals surface area (Å²) in [7, 11) is -3.99. The van der Waals surface area contributed by atoms with Crippen molar-refractivity contribution in [1.29, 1.82) is 5.26 Å². The van der Waals surface area contributed by atoms with Crippen molar-refractivity contribution in [2.75, 3.05) is 0 Å².